The van der Waals surface area contributed by atoms with Crippen LogP contribution >= 0.6 is 15.9 Å². The minimum absolute atomic E-state index is 0.00903. The van der Waals surface area contributed by atoms with Crippen molar-refractivity contribution in [2.45, 2.75) is 31.1 Å². The number of hydrogen-bond acceptors (Lipinski definition) is 4. The van der Waals surface area contributed by atoms with Gasteiger partial charge < -0.3 is 0 Å². The van der Waals surface area contributed by atoms with Gasteiger partial charge in [0, 0.05) is 14.3 Å². The zero-order valence-electron chi connectivity index (χ0n) is 14.1. The number of hydrogen-bond donors (Lipinski definition) is 2. The van der Waals surface area contributed by atoms with Gasteiger partial charge in [0.05, 0.1) is 5.56 Å². The number of nitrogens with one attached hydrogen (secondary N) is 2. The van der Waals surface area contributed by atoms with Gasteiger partial charge in [0.25, 0.3) is 0 Å². The first-order valence-corrected chi connectivity index (χ1v) is 9.18. The fraction of sp³-hybridized carbons (Fsp3) is 0.625. The smallest absolute Gasteiger partial charge is 0.270 e. The van der Waals surface area contributed by atoms with Crippen LogP contribution in [0.1, 0.15) is 25.6 Å². The van der Waals surface area contributed by atoms with Gasteiger partial charge in [-0.3, -0.25) is 30.0 Å². The normalized spacial score (nSPS) is 40.8. The molecule has 4 saturated heterocycles. The molecule has 4 heterocycles. The molecule has 0 atom stereocenters. The van der Waals surface area contributed by atoms with Crippen molar-refractivity contribution >= 4 is 15.9 Å². The maximum Gasteiger partial charge on any atom is 0.329 e. The molecule has 1 aromatic rings. The third-order valence-electron chi connectivity index (χ3n) is 7.10. The van der Waals surface area contributed by atoms with E-state index in [-0.39, 0.29) is 16.0 Å². The standard InChI is InChI=1S/C16H19BrN4O4/c1-14(2)15(20(22)23)7-18-9-16(14,21(24)25)10-19(8-15)13(18)11-4-3-5-12(17)6-11/h3-6,13H,7-10H2,1-2H3/p+2. The second-order valence-electron chi connectivity index (χ2n) is 8.21. The van der Waals surface area contributed by atoms with Crippen LogP contribution in [0, 0.1) is 25.6 Å². The first kappa shape index (κ1) is 16.9. The number of quaternary nitrogens is 2. The van der Waals surface area contributed by atoms with Crippen molar-refractivity contribution in [2.75, 3.05) is 26.2 Å². The third-order valence-corrected chi connectivity index (χ3v) is 7.60. The van der Waals surface area contributed by atoms with Crippen molar-refractivity contribution in [3.63, 3.8) is 0 Å². The van der Waals surface area contributed by atoms with Crippen LogP contribution in [0.3, 0.4) is 0 Å². The molecule has 4 fully saturated rings. The Morgan fingerprint density at radius 3 is 1.92 bits per heavy atom. The van der Waals surface area contributed by atoms with Crippen LogP contribution in [-0.4, -0.2) is 47.1 Å². The van der Waals surface area contributed by atoms with E-state index in [4.69, 9.17) is 0 Å². The lowest BCUT2D eigenvalue weighted by atomic mass is 9.53. The Bertz CT molecular complexity index is 731. The van der Waals surface area contributed by atoms with Gasteiger partial charge >= 0.3 is 11.1 Å². The van der Waals surface area contributed by atoms with E-state index in [9.17, 15) is 20.2 Å². The molecule has 4 bridgehead atoms. The van der Waals surface area contributed by atoms with Crippen LogP contribution < -0.4 is 9.80 Å². The lowest BCUT2D eigenvalue weighted by molar-refractivity contribution is -1.20. The average Bonchev–Trinajstić information content (AvgIpc) is 2.50. The van der Waals surface area contributed by atoms with Gasteiger partial charge in [-0.15, -0.1) is 0 Å². The summed E-state index contributed by atoms with van der Waals surface area (Å²) in [5.74, 6) is 0. The number of nitrogens with zero attached hydrogens (tertiary/aromatic N) is 2. The van der Waals surface area contributed by atoms with E-state index in [1.807, 2.05) is 24.3 Å². The monoisotopic (exact) mass is 412 g/mol. The van der Waals surface area contributed by atoms with Gasteiger partial charge in [-0.25, -0.2) is 0 Å². The van der Waals surface area contributed by atoms with Crippen molar-refractivity contribution < 1.29 is 19.6 Å². The number of nitro groups is 2. The predicted octanol–water partition coefficient (Wildman–Crippen LogP) is -0.684. The second kappa shape index (κ2) is 4.99. The van der Waals surface area contributed by atoms with Gasteiger partial charge in [-0.1, -0.05) is 22.0 Å². The molecule has 2 N–H and O–H groups in total. The van der Waals surface area contributed by atoms with Crippen molar-refractivity contribution in [1.82, 2.24) is 0 Å². The molecule has 0 amide bonds. The van der Waals surface area contributed by atoms with Crippen molar-refractivity contribution in [3.05, 3.63) is 54.5 Å². The molecule has 0 radical (unpaired) electrons. The lowest BCUT2D eigenvalue weighted by Gasteiger charge is -2.60. The van der Waals surface area contributed by atoms with E-state index >= 15 is 0 Å². The molecular formula is C16H21BrN4O4+2. The highest BCUT2D eigenvalue weighted by atomic mass is 79.9. The van der Waals surface area contributed by atoms with Gasteiger partial charge in [-0.05, 0) is 32.0 Å². The molecule has 134 valence electrons. The summed E-state index contributed by atoms with van der Waals surface area (Å²) in [6, 6.07) is 7.92. The van der Waals surface area contributed by atoms with Crippen molar-refractivity contribution in [1.29, 1.82) is 0 Å². The Hall–Kier alpha value is -1.58. The Morgan fingerprint density at radius 2 is 1.52 bits per heavy atom. The van der Waals surface area contributed by atoms with E-state index in [1.165, 1.54) is 0 Å². The van der Waals surface area contributed by atoms with Crippen LogP contribution in [-0.2, 0) is 0 Å². The topological polar surface area (TPSA) is 95.2 Å². The van der Waals surface area contributed by atoms with Crippen molar-refractivity contribution in [2.24, 2.45) is 5.41 Å². The van der Waals surface area contributed by atoms with Crippen LogP contribution in [0.25, 0.3) is 0 Å². The van der Waals surface area contributed by atoms with Gasteiger partial charge in [-0.2, -0.15) is 0 Å². The number of halogens is 1. The van der Waals surface area contributed by atoms with E-state index < -0.39 is 16.5 Å². The van der Waals surface area contributed by atoms with E-state index in [0.717, 1.165) is 19.8 Å². The molecule has 8 nitrogen and oxygen atoms in total. The Morgan fingerprint density at radius 1 is 1.04 bits per heavy atom. The number of benzene rings is 1. The molecule has 4 aliphatic rings. The van der Waals surface area contributed by atoms with Crippen LogP contribution in [0.2, 0.25) is 0 Å². The molecule has 0 saturated carbocycles. The Labute approximate surface area is 153 Å². The minimum Gasteiger partial charge on any atom is -0.270 e. The number of rotatable bonds is 3. The van der Waals surface area contributed by atoms with Gasteiger partial charge in [0.2, 0.25) is 6.17 Å². The Kier molecular flexibility index (Phi) is 3.36. The van der Waals surface area contributed by atoms with Crippen LogP contribution in [0.4, 0.5) is 0 Å². The summed E-state index contributed by atoms with van der Waals surface area (Å²) in [5.41, 5.74) is -2.43. The second-order valence-corrected chi connectivity index (χ2v) is 9.13. The maximum atomic E-state index is 12.1. The highest BCUT2D eigenvalue weighted by Crippen LogP contribution is 2.48. The summed E-state index contributed by atoms with van der Waals surface area (Å²) in [6.45, 7) is 4.80. The van der Waals surface area contributed by atoms with Gasteiger partial charge in [0.15, 0.2) is 26.2 Å². The molecule has 0 spiro atoms. The fourth-order valence-electron chi connectivity index (χ4n) is 5.64. The SMILES string of the molecule is CC1(C)C2([N+](=O)[O-])C[NH+]3CC1([N+](=O)[O-])C[NH+](C2)C3c1cccc(Br)c1. The van der Waals surface area contributed by atoms with Crippen molar-refractivity contribution in [3.8, 4) is 0 Å². The largest absolute Gasteiger partial charge is 0.329 e. The highest BCUT2D eigenvalue weighted by Gasteiger charge is 2.87. The maximum absolute atomic E-state index is 12.1. The van der Waals surface area contributed by atoms with E-state index in [1.54, 1.807) is 13.8 Å². The zero-order valence-corrected chi connectivity index (χ0v) is 15.7. The van der Waals surface area contributed by atoms with E-state index in [2.05, 4.69) is 15.9 Å². The summed E-state index contributed by atoms with van der Waals surface area (Å²) in [6.07, 6.45) is 0.00903. The van der Waals surface area contributed by atoms with Crippen LogP contribution in [0.15, 0.2) is 28.7 Å². The summed E-state index contributed by atoms with van der Waals surface area (Å²) in [5, 5.41) is 24.2. The minimum atomic E-state index is -1.26. The molecule has 0 aromatic heterocycles. The first-order chi connectivity index (χ1) is 11.6. The van der Waals surface area contributed by atoms with Crippen LogP contribution in [0.5, 0.6) is 0 Å². The van der Waals surface area contributed by atoms with Gasteiger partial charge in [0.1, 0.15) is 5.41 Å². The molecule has 1 aromatic carbocycles. The number of piperidine rings is 2. The summed E-state index contributed by atoms with van der Waals surface area (Å²) in [4.78, 5) is 25.6. The summed E-state index contributed by atoms with van der Waals surface area (Å²) < 4.78 is 0.952. The zero-order chi connectivity index (χ0) is 18.2. The molecule has 0 aliphatic carbocycles. The average molecular weight is 413 g/mol. The summed E-state index contributed by atoms with van der Waals surface area (Å²) >= 11 is 3.48. The lowest BCUT2D eigenvalue weighted by Crippen LogP contribution is -3.43. The molecule has 9 heteroatoms. The summed E-state index contributed by atoms with van der Waals surface area (Å²) in [7, 11) is 0. The highest BCUT2D eigenvalue weighted by molar-refractivity contribution is 9.10. The van der Waals surface area contributed by atoms with E-state index in [0.29, 0.717) is 26.2 Å². The third kappa shape index (κ3) is 1.89. The molecular weight excluding hydrogens is 392 g/mol. The molecule has 0 unspecified atom stereocenters. The molecule has 25 heavy (non-hydrogen) atoms. The fourth-order valence-corrected chi connectivity index (χ4v) is 6.06. The molecule has 5 rings (SSSR count). The Balaban J connectivity index is 1.85. The predicted molar refractivity (Wildman–Crippen MR) is 91.5 cm³/mol. The quantitative estimate of drug-likeness (QED) is 0.507. The molecule has 4 aliphatic heterocycles. The first-order valence-electron chi connectivity index (χ1n) is 8.38.